The summed E-state index contributed by atoms with van der Waals surface area (Å²) in [4.78, 5) is 2.58. The number of rotatable bonds is 0. The molecule has 1 heteroatoms. The van der Waals surface area contributed by atoms with Crippen molar-refractivity contribution in [1.82, 2.24) is 4.90 Å². The molecule has 0 aromatic rings. The Balaban J connectivity index is 2.00. The molecule has 4 atom stereocenters. The van der Waals surface area contributed by atoms with Gasteiger partial charge in [-0.1, -0.05) is 0 Å². The van der Waals surface area contributed by atoms with E-state index in [0.717, 1.165) is 23.4 Å². The fourth-order valence-corrected chi connectivity index (χ4v) is 3.04. The Labute approximate surface area is 56.0 Å². The topological polar surface area (TPSA) is 3.24 Å². The molecule has 1 heterocycles. The van der Waals surface area contributed by atoms with Crippen molar-refractivity contribution in [2.24, 2.45) is 11.3 Å². The second-order valence-electron chi connectivity index (χ2n) is 4.17. The van der Waals surface area contributed by atoms with Gasteiger partial charge in [0.25, 0.3) is 0 Å². The molecular formula is C8H13N. The Kier molecular flexibility index (Phi) is 0.508. The van der Waals surface area contributed by atoms with Gasteiger partial charge in [-0.15, -0.1) is 0 Å². The minimum Gasteiger partial charge on any atom is -0.300 e. The Morgan fingerprint density at radius 1 is 1.44 bits per heavy atom. The summed E-state index contributed by atoms with van der Waals surface area (Å²) in [5.41, 5.74) is 0.897. The molecule has 0 amide bonds. The molecule has 1 spiro atoms. The van der Waals surface area contributed by atoms with E-state index in [1.165, 1.54) is 6.42 Å². The van der Waals surface area contributed by atoms with Crippen molar-refractivity contribution in [1.29, 1.82) is 0 Å². The van der Waals surface area contributed by atoms with Crippen molar-refractivity contribution in [3.63, 3.8) is 0 Å². The smallest absolute Gasteiger partial charge is 0.0161 e. The number of hydrogen-bond donors (Lipinski definition) is 0. The predicted molar refractivity (Wildman–Crippen MR) is 36.2 cm³/mol. The second-order valence-corrected chi connectivity index (χ2v) is 4.17. The lowest BCUT2D eigenvalue weighted by atomic mass is 10.2. The molecule has 2 unspecified atom stereocenters. The summed E-state index contributed by atoms with van der Waals surface area (Å²) >= 11 is 0. The van der Waals surface area contributed by atoms with Gasteiger partial charge in [0.15, 0.2) is 0 Å². The van der Waals surface area contributed by atoms with E-state index in [1.807, 2.05) is 0 Å². The lowest BCUT2D eigenvalue weighted by Crippen LogP contribution is -2.28. The van der Waals surface area contributed by atoms with E-state index in [1.54, 1.807) is 6.42 Å². The van der Waals surface area contributed by atoms with Gasteiger partial charge in [0.05, 0.1) is 0 Å². The third kappa shape index (κ3) is 0.315. The molecular weight excluding hydrogens is 110 g/mol. The number of likely N-dealkylation sites (tertiary alicyclic amines) is 1. The van der Waals surface area contributed by atoms with E-state index in [9.17, 15) is 0 Å². The average Bonchev–Trinajstić information content (AvgIpc) is 2.66. The Hall–Kier alpha value is -0.0400. The van der Waals surface area contributed by atoms with Crippen molar-refractivity contribution in [3.05, 3.63) is 0 Å². The van der Waals surface area contributed by atoms with Crippen LogP contribution >= 0.6 is 0 Å². The van der Waals surface area contributed by atoms with Crippen LogP contribution < -0.4 is 0 Å². The standard InChI is InChI=1S/C8H13N/c1-5-6-3-8(6)4-7(8)9(5)2/h5-7H,3-4H2,1-2H3/t5?,6?,7-,8+/m0/s1. The van der Waals surface area contributed by atoms with Crippen LogP contribution in [-0.2, 0) is 0 Å². The van der Waals surface area contributed by atoms with E-state index in [0.29, 0.717) is 0 Å². The number of piperidine rings is 2. The lowest BCUT2D eigenvalue weighted by molar-refractivity contribution is 0.256. The zero-order valence-electron chi connectivity index (χ0n) is 6.09. The normalized spacial score (nSPS) is 69.3. The Bertz CT molecular complexity index is 151. The largest absolute Gasteiger partial charge is 0.300 e. The summed E-state index contributed by atoms with van der Waals surface area (Å²) in [6.07, 6.45) is 3.08. The van der Waals surface area contributed by atoms with Crippen LogP contribution in [0.3, 0.4) is 0 Å². The highest BCUT2D eigenvalue weighted by atomic mass is 15.3. The fraction of sp³-hybridized carbons (Fsp3) is 1.00. The van der Waals surface area contributed by atoms with Gasteiger partial charge in [-0.05, 0) is 38.1 Å². The molecule has 3 fully saturated rings. The first-order valence-electron chi connectivity index (χ1n) is 3.98. The predicted octanol–water partition coefficient (Wildman–Crippen LogP) is 1.10. The zero-order chi connectivity index (χ0) is 6.22. The summed E-state index contributed by atoms with van der Waals surface area (Å²) in [6, 6.07) is 1.92. The van der Waals surface area contributed by atoms with Crippen LogP contribution in [0.25, 0.3) is 0 Å². The van der Waals surface area contributed by atoms with E-state index >= 15 is 0 Å². The summed E-state index contributed by atoms with van der Waals surface area (Å²) in [5, 5.41) is 0. The third-order valence-corrected chi connectivity index (χ3v) is 3.97. The summed E-state index contributed by atoms with van der Waals surface area (Å²) < 4.78 is 0. The summed E-state index contributed by atoms with van der Waals surface area (Å²) in [7, 11) is 2.29. The first kappa shape index (κ1) is 4.73. The van der Waals surface area contributed by atoms with Crippen LogP contribution in [-0.4, -0.2) is 24.0 Å². The fourth-order valence-electron chi connectivity index (χ4n) is 3.04. The quantitative estimate of drug-likeness (QED) is 0.466. The molecule has 3 aliphatic rings. The first-order chi connectivity index (χ1) is 4.26. The molecule has 0 radical (unpaired) electrons. The lowest BCUT2D eigenvalue weighted by Gasteiger charge is -2.19. The molecule has 2 saturated carbocycles. The van der Waals surface area contributed by atoms with Gasteiger partial charge in [0.1, 0.15) is 0 Å². The highest BCUT2D eigenvalue weighted by Gasteiger charge is 2.78. The average molecular weight is 123 g/mol. The summed E-state index contributed by atoms with van der Waals surface area (Å²) in [6.45, 7) is 2.38. The molecule has 0 aromatic carbocycles. The van der Waals surface area contributed by atoms with Gasteiger partial charge >= 0.3 is 0 Å². The molecule has 1 nitrogen and oxygen atoms in total. The monoisotopic (exact) mass is 123 g/mol. The van der Waals surface area contributed by atoms with E-state index < -0.39 is 0 Å². The van der Waals surface area contributed by atoms with Crippen molar-refractivity contribution in [2.75, 3.05) is 7.05 Å². The number of hydrogen-bond acceptors (Lipinski definition) is 1. The maximum absolute atomic E-state index is 2.58. The van der Waals surface area contributed by atoms with Crippen LogP contribution in [0, 0.1) is 11.3 Å². The van der Waals surface area contributed by atoms with Gasteiger partial charge in [-0.3, -0.25) is 4.90 Å². The van der Waals surface area contributed by atoms with Gasteiger partial charge in [0, 0.05) is 12.1 Å². The molecule has 50 valence electrons. The van der Waals surface area contributed by atoms with E-state index in [-0.39, 0.29) is 0 Å². The maximum atomic E-state index is 2.58. The number of nitrogens with zero attached hydrogens (tertiary/aromatic N) is 1. The summed E-state index contributed by atoms with van der Waals surface area (Å²) in [5.74, 6) is 1.10. The van der Waals surface area contributed by atoms with Gasteiger partial charge in [0.2, 0.25) is 0 Å². The molecule has 3 rings (SSSR count). The van der Waals surface area contributed by atoms with Crippen LogP contribution in [0.4, 0.5) is 0 Å². The van der Waals surface area contributed by atoms with Crippen molar-refractivity contribution < 1.29 is 0 Å². The third-order valence-electron chi connectivity index (χ3n) is 3.97. The highest BCUT2D eigenvalue weighted by molar-refractivity contribution is 5.30. The molecule has 1 saturated heterocycles. The molecule has 1 aliphatic heterocycles. The Morgan fingerprint density at radius 3 is 2.56 bits per heavy atom. The highest BCUT2D eigenvalue weighted by Crippen LogP contribution is 2.78. The van der Waals surface area contributed by atoms with Crippen LogP contribution in [0.5, 0.6) is 0 Å². The molecule has 0 bridgehead atoms. The van der Waals surface area contributed by atoms with E-state index in [4.69, 9.17) is 0 Å². The second kappa shape index (κ2) is 0.968. The minimum absolute atomic E-state index is 0.897. The van der Waals surface area contributed by atoms with Crippen LogP contribution in [0.2, 0.25) is 0 Å². The van der Waals surface area contributed by atoms with E-state index in [2.05, 4.69) is 18.9 Å². The van der Waals surface area contributed by atoms with Crippen LogP contribution in [0.15, 0.2) is 0 Å². The van der Waals surface area contributed by atoms with Crippen molar-refractivity contribution in [3.8, 4) is 0 Å². The van der Waals surface area contributed by atoms with Gasteiger partial charge in [-0.2, -0.15) is 0 Å². The maximum Gasteiger partial charge on any atom is 0.0161 e. The first-order valence-corrected chi connectivity index (χ1v) is 3.98. The minimum atomic E-state index is 0.897. The Morgan fingerprint density at radius 2 is 2.22 bits per heavy atom. The molecule has 0 N–H and O–H groups in total. The van der Waals surface area contributed by atoms with Crippen molar-refractivity contribution >= 4 is 0 Å². The molecule has 0 aromatic heterocycles. The van der Waals surface area contributed by atoms with Gasteiger partial charge in [-0.25, -0.2) is 0 Å². The molecule has 2 aliphatic carbocycles. The van der Waals surface area contributed by atoms with Gasteiger partial charge < -0.3 is 0 Å². The van der Waals surface area contributed by atoms with Crippen LogP contribution in [0.1, 0.15) is 19.8 Å². The molecule has 9 heavy (non-hydrogen) atoms. The zero-order valence-corrected chi connectivity index (χ0v) is 6.09. The SMILES string of the molecule is CC1C2C[C@@]23C[C@@H]3N1C. The van der Waals surface area contributed by atoms with Crippen molar-refractivity contribution in [2.45, 2.75) is 31.8 Å².